The summed E-state index contributed by atoms with van der Waals surface area (Å²) in [7, 11) is 2.22. The van der Waals surface area contributed by atoms with Crippen LogP contribution in [-0.4, -0.2) is 44.2 Å². The number of thiophene rings is 1. The SMILES string of the molecule is CN(c1cccs1)C1CCN(CCN)CC1. The second-order valence-electron chi connectivity index (χ2n) is 4.42. The molecule has 0 saturated carbocycles. The molecule has 1 saturated heterocycles. The van der Waals surface area contributed by atoms with Crippen LogP contribution in [-0.2, 0) is 0 Å². The number of nitrogens with two attached hydrogens (primary N) is 1. The molecule has 0 aromatic carbocycles. The number of rotatable bonds is 4. The van der Waals surface area contributed by atoms with E-state index in [2.05, 4.69) is 34.4 Å². The van der Waals surface area contributed by atoms with Gasteiger partial charge in [0.25, 0.3) is 0 Å². The number of nitrogens with zero attached hydrogens (tertiary/aromatic N) is 2. The van der Waals surface area contributed by atoms with Crippen LogP contribution in [0.15, 0.2) is 17.5 Å². The molecule has 0 aliphatic carbocycles. The molecule has 0 amide bonds. The lowest BCUT2D eigenvalue weighted by molar-refractivity contribution is 0.216. The van der Waals surface area contributed by atoms with Crippen LogP contribution >= 0.6 is 11.3 Å². The van der Waals surface area contributed by atoms with E-state index in [1.807, 2.05) is 11.3 Å². The summed E-state index contributed by atoms with van der Waals surface area (Å²) in [5.74, 6) is 0. The van der Waals surface area contributed by atoms with Gasteiger partial charge in [0.05, 0.1) is 5.00 Å². The predicted octanol–water partition coefficient (Wildman–Crippen LogP) is 1.61. The molecule has 1 aliphatic heterocycles. The number of hydrogen-bond acceptors (Lipinski definition) is 4. The summed E-state index contributed by atoms with van der Waals surface area (Å²) in [4.78, 5) is 4.91. The van der Waals surface area contributed by atoms with Crippen LogP contribution in [0.25, 0.3) is 0 Å². The molecule has 1 fully saturated rings. The highest BCUT2D eigenvalue weighted by molar-refractivity contribution is 7.14. The molecular weight excluding hydrogens is 218 g/mol. The Hall–Kier alpha value is -0.580. The molecule has 90 valence electrons. The Bertz CT molecular complexity index is 291. The molecule has 2 rings (SSSR count). The molecule has 1 aromatic heterocycles. The van der Waals surface area contributed by atoms with Crippen molar-refractivity contribution in [3.8, 4) is 0 Å². The Morgan fingerprint density at radius 2 is 2.25 bits per heavy atom. The third kappa shape index (κ3) is 2.75. The largest absolute Gasteiger partial charge is 0.363 e. The summed E-state index contributed by atoms with van der Waals surface area (Å²) in [5, 5.41) is 3.53. The average Bonchev–Trinajstić information content (AvgIpc) is 2.83. The van der Waals surface area contributed by atoms with Crippen LogP contribution < -0.4 is 10.6 Å². The van der Waals surface area contributed by atoms with Gasteiger partial charge in [0.15, 0.2) is 0 Å². The van der Waals surface area contributed by atoms with Crippen molar-refractivity contribution < 1.29 is 0 Å². The van der Waals surface area contributed by atoms with Crippen LogP contribution in [0.1, 0.15) is 12.8 Å². The Morgan fingerprint density at radius 1 is 1.50 bits per heavy atom. The van der Waals surface area contributed by atoms with E-state index in [1.54, 1.807) is 0 Å². The first kappa shape index (κ1) is 11.9. The molecular formula is C12H21N3S. The van der Waals surface area contributed by atoms with Gasteiger partial charge in [-0.15, -0.1) is 11.3 Å². The van der Waals surface area contributed by atoms with Crippen molar-refractivity contribution in [2.75, 3.05) is 38.1 Å². The van der Waals surface area contributed by atoms with E-state index in [0.29, 0.717) is 6.04 Å². The number of likely N-dealkylation sites (tertiary alicyclic amines) is 1. The second-order valence-corrected chi connectivity index (χ2v) is 5.35. The first-order valence-corrected chi connectivity index (χ1v) is 6.88. The van der Waals surface area contributed by atoms with Gasteiger partial charge in [-0.2, -0.15) is 0 Å². The van der Waals surface area contributed by atoms with E-state index in [1.165, 1.54) is 30.9 Å². The lowest BCUT2D eigenvalue weighted by Crippen LogP contribution is -2.44. The van der Waals surface area contributed by atoms with E-state index < -0.39 is 0 Å². The molecule has 0 bridgehead atoms. The molecule has 4 heteroatoms. The maximum absolute atomic E-state index is 5.58. The predicted molar refractivity (Wildman–Crippen MR) is 71.2 cm³/mol. The standard InChI is InChI=1S/C12H21N3S/c1-14(12-3-2-10-16-12)11-4-7-15(8-5-11)9-6-13/h2-3,10-11H,4-9,13H2,1H3. The van der Waals surface area contributed by atoms with E-state index >= 15 is 0 Å². The quantitative estimate of drug-likeness (QED) is 0.866. The molecule has 2 heterocycles. The van der Waals surface area contributed by atoms with Crippen molar-refractivity contribution in [3.05, 3.63) is 17.5 Å². The molecule has 0 unspecified atom stereocenters. The van der Waals surface area contributed by atoms with Crippen LogP contribution in [0.5, 0.6) is 0 Å². The van der Waals surface area contributed by atoms with Gasteiger partial charge in [-0.25, -0.2) is 0 Å². The summed E-state index contributed by atoms with van der Waals surface area (Å²) in [6.07, 6.45) is 2.52. The van der Waals surface area contributed by atoms with Gasteiger partial charge >= 0.3 is 0 Å². The van der Waals surface area contributed by atoms with E-state index in [0.717, 1.165) is 13.1 Å². The molecule has 1 aromatic rings. The fourth-order valence-electron chi connectivity index (χ4n) is 2.36. The zero-order valence-corrected chi connectivity index (χ0v) is 10.7. The fourth-order valence-corrected chi connectivity index (χ4v) is 3.13. The topological polar surface area (TPSA) is 32.5 Å². The van der Waals surface area contributed by atoms with E-state index in [-0.39, 0.29) is 0 Å². The summed E-state index contributed by atoms with van der Waals surface area (Å²) in [6, 6.07) is 5.03. The van der Waals surface area contributed by atoms with Crippen molar-refractivity contribution in [2.45, 2.75) is 18.9 Å². The molecule has 0 radical (unpaired) electrons. The third-order valence-corrected chi connectivity index (χ3v) is 4.36. The van der Waals surface area contributed by atoms with Crippen LogP contribution in [0.2, 0.25) is 0 Å². The summed E-state index contributed by atoms with van der Waals surface area (Å²) >= 11 is 1.83. The van der Waals surface area contributed by atoms with Crippen molar-refractivity contribution in [1.82, 2.24) is 4.90 Å². The van der Waals surface area contributed by atoms with Gasteiger partial charge in [-0.3, -0.25) is 0 Å². The Kier molecular flexibility index (Phi) is 4.21. The van der Waals surface area contributed by atoms with Gasteiger partial charge in [0.1, 0.15) is 0 Å². The summed E-state index contributed by atoms with van der Waals surface area (Å²) in [5.41, 5.74) is 5.58. The molecule has 2 N–H and O–H groups in total. The van der Waals surface area contributed by atoms with Crippen molar-refractivity contribution in [1.29, 1.82) is 0 Å². The molecule has 16 heavy (non-hydrogen) atoms. The lowest BCUT2D eigenvalue weighted by atomic mass is 10.0. The Morgan fingerprint density at radius 3 is 2.81 bits per heavy atom. The number of piperidine rings is 1. The van der Waals surface area contributed by atoms with Crippen LogP contribution in [0.3, 0.4) is 0 Å². The smallest absolute Gasteiger partial charge is 0.0908 e. The first-order chi connectivity index (χ1) is 7.81. The zero-order chi connectivity index (χ0) is 11.4. The van der Waals surface area contributed by atoms with Crippen LogP contribution in [0.4, 0.5) is 5.00 Å². The monoisotopic (exact) mass is 239 g/mol. The minimum atomic E-state index is 0.702. The normalized spacial score (nSPS) is 18.9. The van der Waals surface area contributed by atoms with Crippen molar-refractivity contribution in [2.24, 2.45) is 5.73 Å². The maximum Gasteiger partial charge on any atom is 0.0908 e. The van der Waals surface area contributed by atoms with Crippen molar-refractivity contribution in [3.63, 3.8) is 0 Å². The Labute approximate surface area is 102 Å². The van der Waals surface area contributed by atoms with Gasteiger partial charge in [-0.05, 0) is 30.4 Å². The van der Waals surface area contributed by atoms with Gasteiger partial charge < -0.3 is 15.5 Å². The minimum Gasteiger partial charge on any atom is -0.363 e. The van der Waals surface area contributed by atoms with E-state index in [4.69, 9.17) is 5.73 Å². The lowest BCUT2D eigenvalue weighted by Gasteiger charge is -2.37. The highest BCUT2D eigenvalue weighted by Gasteiger charge is 2.22. The Balaban J connectivity index is 1.84. The maximum atomic E-state index is 5.58. The van der Waals surface area contributed by atoms with Crippen molar-refractivity contribution >= 4 is 16.3 Å². The molecule has 0 spiro atoms. The summed E-state index contributed by atoms with van der Waals surface area (Å²) in [6.45, 7) is 4.22. The summed E-state index contributed by atoms with van der Waals surface area (Å²) < 4.78 is 0. The third-order valence-electron chi connectivity index (χ3n) is 3.40. The minimum absolute atomic E-state index is 0.702. The molecule has 3 nitrogen and oxygen atoms in total. The first-order valence-electron chi connectivity index (χ1n) is 6.00. The number of hydrogen-bond donors (Lipinski definition) is 1. The zero-order valence-electron chi connectivity index (χ0n) is 9.93. The molecule has 0 atom stereocenters. The number of anilines is 1. The van der Waals surface area contributed by atoms with Gasteiger partial charge in [-0.1, -0.05) is 0 Å². The van der Waals surface area contributed by atoms with Gasteiger partial charge in [0, 0.05) is 39.3 Å². The highest BCUT2D eigenvalue weighted by Crippen LogP contribution is 2.25. The van der Waals surface area contributed by atoms with Crippen LogP contribution in [0, 0.1) is 0 Å². The fraction of sp³-hybridized carbons (Fsp3) is 0.667. The van der Waals surface area contributed by atoms with E-state index in [9.17, 15) is 0 Å². The average molecular weight is 239 g/mol. The second kappa shape index (κ2) is 5.66. The highest BCUT2D eigenvalue weighted by atomic mass is 32.1. The van der Waals surface area contributed by atoms with Gasteiger partial charge in [0.2, 0.25) is 0 Å². The molecule has 1 aliphatic rings.